The molecule has 0 saturated carbocycles. The summed E-state index contributed by atoms with van der Waals surface area (Å²) in [5, 5.41) is 13.3. The average molecular weight is 244 g/mol. The van der Waals surface area contributed by atoms with Gasteiger partial charge in [-0.05, 0) is 31.0 Å². The van der Waals surface area contributed by atoms with E-state index in [1.54, 1.807) is 12.1 Å². The standard InChI is InChI=1S/C12H15ClFNO/c13-12-8(3-1-4-9(12)14)7-11(16)10-5-2-6-15-10/h1,3-4,10-11,15-16H,2,5-7H2. The summed E-state index contributed by atoms with van der Waals surface area (Å²) in [6, 6.07) is 4.81. The first-order valence-electron chi connectivity index (χ1n) is 5.53. The van der Waals surface area contributed by atoms with Crippen LogP contribution in [0.2, 0.25) is 5.02 Å². The lowest BCUT2D eigenvalue weighted by molar-refractivity contribution is 0.136. The fourth-order valence-electron chi connectivity index (χ4n) is 2.11. The monoisotopic (exact) mass is 243 g/mol. The van der Waals surface area contributed by atoms with Crippen molar-refractivity contribution in [2.24, 2.45) is 0 Å². The third-order valence-corrected chi connectivity index (χ3v) is 3.45. The van der Waals surface area contributed by atoms with Crippen LogP contribution in [-0.4, -0.2) is 23.8 Å². The van der Waals surface area contributed by atoms with Gasteiger partial charge in [-0.15, -0.1) is 0 Å². The molecule has 88 valence electrons. The van der Waals surface area contributed by atoms with Crippen molar-refractivity contribution < 1.29 is 9.50 Å². The van der Waals surface area contributed by atoms with Crippen LogP contribution in [0.1, 0.15) is 18.4 Å². The van der Waals surface area contributed by atoms with E-state index in [4.69, 9.17) is 11.6 Å². The van der Waals surface area contributed by atoms with Gasteiger partial charge in [0, 0.05) is 12.5 Å². The van der Waals surface area contributed by atoms with E-state index in [1.165, 1.54) is 6.07 Å². The number of aliphatic hydroxyl groups is 1. The maximum atomic E-state index is 13.2. The van der Waals surface area contributed by atoms with Crippen molar-refractivity contribution in [2.75, 3.05) is 6.54 Å². The van der Waals surface area contributed by atoms with Gasteiger partial charge in [-0.3, -0.25) is 0 Å². The Labute approximate surface area is 99.4 Å². The molecule has 1 aliphatic heterocycles. The Morgan fingerprint density at radius 1 is 1.56 bits per heavy atom. The summed E-state index contributed by atoms with van der Waals surface area (Å²) >= 11 is 5.84. The minimum absolute atomic E-state index is 0.110. The van der Waals surface area contributed by atoms with E-state index in [2.05, 4.69) is 5.32 Å². The molecule has 1 aliphatic rings. The van der Waals surface area contributed by atoms with Crippen LogP contribution in [0.3, 0.4) is 0 Å². The van der Waals surface area contributed by atoms with Gasteiger partial charge in [-0.25, -0.2) is 4.39 Å². The second-order valence-corrected chi connectivity index (χ2v) is 4.57. The highest BCUT2D eigenvalue weighted by Gasteiger charge is 2.23. The molecule has 16 heavy (non-hydrogen) atoms. The number of benzene rings is 1. The summed E-state index contributed by atoms with van der Waals surface area (Å²) in [4.78, 5) is 0. The number of hydrogen-bond donors (Lipinski definition) is 2. The molecule has 0 radical (unpaired) electrons. The molecule has 1 aromatic rings. The first-order valence-corrected chi connectivity index (χ1v) is 5.90. The number of halogens is 2. The van der Waals surface area contributed by atoms with E-state index in [-0.39, 0.29) is 11.1 Å². The van der Waals surface area contributed by atoms with Gasteiger partial charge in [-0.1, -0.05) is 23.7 Å². The van der Waals surface area contributed by atoms with E-state index in [0.29, 0.717) is 12.0 Å². The van der Waals surface area contributed by atoms with E-state index in [9.17, 15) is 9.50 Å². The van der Waals surface area contributed by atoms with Gasteiger partial charge < -0.3 is 10.4 Å². The normalized spacial score (nSPS) is 22.3. The molecule has 0 aliphatic carbocycles. The van der Waals surface area contributed by atoms with Gasteiger partial charge in [-0.2, -0.15) is 0 Å². The Bertz CT molecular complexity index is 366. The second-order valence-electron chi connectivity index (χ2n) is 4.19. The van der Waals surface area contributed by atoms with Crippen molar-refractivity contribution in [3.63, 3.8) is 0 Å². The highest BCUT2D eigenvalue weighted by atomic mass is 35.5. The van der Waals surface area contributed by atoms with Crippen LogP contribution in [0.4, 0.5) is 4.39 Å². The van der Waals surface area contributed by atoms with Crippen molar-refractivity contribution in [1.29, 1.82) is 0 Å². The van der Waals surface area contributed by atoms with Crippen LogP contribution in [0, 0.1) is 5.82 Å². The number of hydrogen-bond acceptors (Lipinski definition) is 2. The topological polar surface area (TPSA) is 32.3 Å². The minimum Gasteiger partial charge on any atom is -0.391 e. The van der Waals surface area contributed by atoms with Crippen LogP contribution in [0.15, 0.2) is 18.2 Å². The van der Waals surface area contributed by atoms with Crippen LogP contribution in [0.5, 0.6) is 0 Å². The smallest absolute Gasteiger partial charge is 0.142 e. The summed E-state index contributed by atoms with van der Waals surface area (Å²) in [7, 11) is 0. The summed E-state index contributed by atoms with van der Waals surface area (Å²) in [5.41, 5.74) is 0.669. The molecule has 2 nitrogen and oxygen atoms in total. The van der Waals surface area contributed by atoms with E-state index in [0.717, 1.165) is 19.4 Å². The number of rotatable bonds is 3. The molecular formula is C12H15ClFNO. The molecule has 2 unspecified atom stereocenters. The van der Waals surface area contributed by atoms with E-state index < -0.39 is 11.9 Å². The fourth-order valence-corrected chi connectivity index (χ4v) is 2.32. The maximum absolute atomic E-state index is 13.2. The molecule has 4 heteroatoms. The van der Waals surface area contributed by atoms with Crippen molar-refractivity contribution in [1.82, 2.24) is 5.32 Å². The molecule has 1 fully saturated rings. The van der Waals surface area contributed by atoms with Gasteiger partial charge in [0.05, 0.1) is 11.1 Å². The lowest BCUT2D eigenvalue weighted by atomic mass is 10.0. The lowest BCUT2D eigenvalue weighted by Crippen LogP contribution is -2.36. The van der Waals surface area contributed by atoms with Gasteiger partial charge >= 0.3 is 0 Å². The molecule has 2 atom stereocenters. The zero-order valence-corrected chi connectivity index (χ0v) is 9.67. The van der Waals surface area contributed by atoms with Crippen LogP contribution >= 0.6 is 11.6 Å². The molecule has 2 rings (SSSR count). The molecular weight excluding hydrogens is 229 g/mol. The molecule has 2 N–H and O–H groups in total. The van der Waals surface area contributed by atoms with Gasteiger partial charge in [0.15, 0.2) is 0 Å². The van der Waals surface area contributed by atoms with Crippen molar-refractivity contribution in [3.8, 4) is 0 Å². The molecule has 1 saturated heterocycles. The van der Waals surface area contributed by atoms with E-state index in [1.807, 2.05) is 0 Å². The van der Waals surface area contributed by atoms with Crippen molar-refractivity contribution >= 4 is 11.6 Å². The first-order chi connectivity index (χ1) is 7.68. The SMILES string of the molecule is OC(Cc1cccc(F)c1Cl)C1CCCN1. The Hall–Kier alpha value is -0.640. The molecule has 0 aromatic heterocycles. The Morgan fingerprint density at radius 3 is 3.06 bits per heavy atom. The highest BCUT2D eigenvalue weighted by molar-refractivity contribution is 6.31. The van der Waals surface area contributed by atoms with Crippen molar-refractivity contribution in [2.45, 2.75) is 31.4 Å². The predicted molar refractivity (Wildman–Crippen MR) is 62.1 cm³/mol. The molecule has 0 bridgehead atoms. The van der Waals surface area contributed by atoms with Crippen LogP contribution in [-0.2, 0) is 6.42 Å². The minimum atomic E-state index is -0.498. The summed E-state index contributed by atoms with van der Waals surface area (Å²) in [6.45, 7) is 0.943. The van der Waals surface area contributed by atoms with Gasteiger partial charge in [0.2, 0.25) is 0 Å². The molecule has 0 spiro atoms. The van der Waals surface area contributed by atoms with Gasteiger partial charge in [0.25, 0.3) is 0 Å². The van der Waals surface area contributed by atoms with Gasteiger partial charge in [0.1, 0.15) is 5.82 Å². The van der Waals surface area contributed by atoms with Crippen LogP contribution in [0.25, 0.3) is 0 Å². The number of nitrogens with one attached hydrogen (secondary N) is 1. The maximum Gasteiger partial charge on any atom is 0.142 e. The summed E-state index contributed by atoms with van der Waals surface area (Å²) in [5.74, 6) is -0.425. The van der Waals surface area contributed by atoms with E-state index >= 15 is 0 Å². The summed E-state index contributed by atoms with van der Waals surface area (Å²) in [6.07, 6.45) is 1.95. The second kappa shape index (κ2) is 5.13. The third kappa shape index (κ3) is 2.54. The summed E-state index contributed by atoms with van der Waals surface area (Å²) < 4.78 is 13.2. The molecule has 1 aromatic carbocycles. The first kappa shape index (κ1) is 11.8. The highest BCUT2D eigenvalue weighted by Crippen LogP contribution is 2.22. The fraction of sp³-hybridized carbons (Fsp3) is 0.500. The number of aliphatic hydroxyl groups excluding tert-OH is 1. The largest absolute Gasteiger partial charge is 0.391 e. The Balaban J connectivity index is 2.05. The average Bonchev–Trinajstić information content (AvgIpc) is 2.78. The Morgan fingerprint density at radius 2 is 2.38 bits per heavy atom. The molecule has 0 amide bonds. The predicted octanol–water partition coefficient (Wildman–Crippen LogP) is 2.13. The molecule has 1 heterocycles. The Kier molecular flexibility index (Phi) is 3.79. The zero-order valence-electron chi connectivity index (χ0n) is 8.92. The zero-order chi connectivity index (χ0) is 11.5. The lowest BCUT2D eigenvalue weighted by Gasteiger charge is -2.18. The quantitative estimate of drug-likeness (QED) is 0.853. The van der Waals surface area contributed by atoms with Crippen LogP contribution < -0.4 is 5.32 Å². The van der Waals surface area contributed by atoms with Crippen molar-refractivity contribution in [3.05, 3.63) is 34.6 Å². The third-order valence-electron chi connectivity index (χ3n) is 3.02.